The van der Waals surface area contributed by atoms with Gasteiger partial charge in [-0.25, -0.2) is 0 Å². The Balaban J connectivity index is 2.10. The molecule has 3 nitrogen and oxygen atoms in total. The average Bonchev–Trinajstić information content (AvgIpc) is 2.81. The van der Waals surface area contributed by atoms with Gasteiger partial charge >= 0.3 is 0 Å². The second-order valence-electron chi connectivity index (χ2n) is 6.07. The summed E-state index contributed by atoms with van der Waals surface area (Å²) in [6, 6.07) is 8.45. The molecule has 0 radical (unpaired) electrons. The first kappa shape index (κ1) is 16.0. The molecule has 1 aromatic rings. The molecule has 3 heteroatoms. The monoisotopic (exact) mass is 288 g/mol. The van der Waals surface area contributed by atoms with E-state index in [1.807, 2.05) is 37.2 Å². The minimum atomic E-state index is 0.189. The van der Waals surface area contributed by atoms with Crippen LogP contribution in [0.4, 0.5) is 0 Å². The van der Waals surface area contributed by atoms with Gasteiger partial charge in [-0.3, -0.25) is 4.79 Å². The summed E-state index contributed by atoms with van der Waals surface area (Å²) in [5.41, 5.74) is 2.02. The van der Waals surface area contributed by atoms with Gasteiger partial charge in [0.1, 0.15) is 0 Å². The van der Waals surface area contributed by atoms with Gasteiger partial charge in [0.25, 0.3) is 5.91 Å². The summed E-state index contributed by atoms with van der Waals surface area (Å²) < 4.78 is 0. The number of benzene rings is 1. The van der Waals surface area contributed by atoms with Crippen molar-refractivity contribution < 1.29 is 4.79 Å². The van der Waals surface area contributed by atoms with E-state index in [-0.39, 0.29) is 5.91 Å². The van der Waals surface area contributed by atoms with E-state index in [0.717, 1.165) is 36.9 Å². The van der Waals surface area contributed by atoms with Crippen LogP contribution in [0.15, 0.2) is 24.3 Å². The molecule has 0 bridgehead atoms. The normalized spacial score (nSPS) is 16.5. The molecule has 0 spiro atoms. The number of nitrogens with zero attached hydrogens (tertiary/aromatic N) is 1. The highest BCUT2D eigenvalue weighted by Gasteiger charge is 2.23. The van der Waals surface area contributed by atoms with Crippen LogP contribution in [-0.2, 0) is 6.42 Å². The van der Waals surface area contributed by atoms with E-state index in [2.05, 4.69) is 11.4 Å². The molecule has 0 saturated heterocycles. The second-order valence-corrected chi connectivity index (χ2v) is 6.07. The molecule has 1 amide bonds. The van der Waals surface area contributed by atoms with Gasteiger partial charge < -0.3 is 10.2 Å². The zero-order chi connectivity index (χ0) is 15.1. The van der Waals surface area contributed by atoms with E-state index in [1.165, 1.54) is 25.7 Å². The van der Waals surface area contributed by atoms with Gasteiger partial charge in [-0.1, -0.05) is 43.9 Å². The molecule has 0 aromatic heterocycles. The number of carbonyl (C=O) groups excluding carboxylic acids is 1. The molecule has 0 aliphatic heterocycles. The Morgan fingerprint density at radius 3 is 2.52 bits per heavy atom. The smallest absolute Gasteiger partial charge is 0.254 e. The molecule has 1 N–H and O–H groups in total. The van der Waals surface area contributed by atoms with Gasteiger partial charge in [-0.05, 0) is 44.5 Å². The Labute approximate surface area is 128 Å². The summed E-state index contributed by atoms with van der Waals surface area (Å²) in [6.07, 6.45) is 8.35. The maximum absolute atomic E-state index is 12.8. The van der Waals surface area contributed by atoms with Crippen molar-refractivity contribution in [1.82, 2.24) is 10.2 Å². The lowest BCUT2D eigenvalue weighted by Gasteiger charge is -2.28. The van der Waals surface area contributed by atoms with Crippen LogP contribution in [0.25, 0.3) is 0 Å². The number of rotatable bonds is 5. The molecule has 0 unspecified atom stereocenters. The molecule has 1 saturated carbocycles. The Bertz CT molecular complexity index is 450. The summed E-state index contributed by atoms with van der Waals surface area (Å²) in [7, 11) is 3.93. The minimum absolute atomic E-state index is 0.189. The third-order valence-electron chi connectivity index (χ3n) is 4.58. The highest BCUT2D eigenvalue weighted by Crippen LogP contribution is 2.23. The summed E-state index contributed by atoms with van der Waals surface area (Å²) in [5.74, 6) is 0.189. The van der Waals surface area contributed by atoms with E-state index in [0.29, 0.717) is 6.04 Å². The fourth-order valence-corrected chi connectivity index (χ4v) is 3.21. The molecular weight excluding hydrogens is 260 g/mol. The van der Waals surface area contributed by atoms with E-state index in [1.54, 1.807) is 0 Å². The SMILES string of the molecule is CNCCc1ccccc1C(=O)N(C)C1CCCCCC1. The van der Waals surface area contributed by atoms with Gasteiger partial charge in [0.2, 0.25) is 0 Å². The molecule has 1 aromatic carbocycles. The molecular formula is C18H28N2O. The maximum Gasteiger partial charge on any atom is 0.254 e. The van der Waals surface area contributed by atoms with Gasteiger partial charge in [-0.15, -0.1) is 0 Å². The molecule has 0 heterocycles. The van der Waals surface area contributed by atoms with Gasteiger partial charge in [0.15, 0.2) is 0 Å². The summed E-state index contributed by atoms with van der Waals surface area (Å²) >= 11 is 0. The Kier molecular flexibility index (Phi) is 6.24. The van der Waals surface area contributed by atoms with Crippen molar-refractivity contribution in [3.8, 4) is 0 Å². The minimum Gasteiger partial charge on any atom is -0.339 e. The van der Waals surface area contributed by atoms with Crippen molar-refractivity contribution in [3.63, 3.8) is 0 Å². The molecule has 1 fully saturated rings. The maximum atomic E-state index is 12.8. The topological polar surface area (TPSA) is 32.3 Å². The molecule has 116 valence electrons. The summed E-state index contributed by atoms with van der Waals surface area (Å²) in [4.78, 5) is 14.8. The number of likely N-dealkylation sites (N-methyl/N-ethyl adjacent to an activating group) is 1. The molecule has 1 aliphatic carbocycles. The zero-order valence-electron chi connectivity index (χ0n) is 13.4. The van der Waals surface area contributed by atoms with E-state index < -0.39 is 0 Å². The van der Waals surface area contributed by atoms with E-state index >= 15 is 0 Å². The lowest BCUT2D eigenvalue weighted by Crippen LogP contribution is -2.37. The Morgan fingerprint density at radius 2 is 1.86 bits per heavy atom. The van der Waals surface area contributed by atoms with Crippen LogP contribution >= 0.6 is 0 Å². The van der Waals surface area contributed by atoms with Crippen molar-refractivity contribution in [1.29, 1.82) is 0 Å². The molecule has 21 heavy (non-hydrogen) atoms. The van der Waals surface area contributed by atoms with Crippen molar-refractivity contribution in [2.24, 2.45) is 0 Å². The van der Waals surface area contributed by atoms with E-state index in [4.69, 9.17) is 0 Å². The highest BCUT2D eigenvalue weighted by atomic mass is 16.2. The largest absolute Gasteiger partial charge is 0.339 e. The van der Waals surface area contributed by atoms with Crippen molar-refractivity contribution in [2.45, 2.75) is 51.0 Å². The predicted octanol–water partition coefficient (Wildman–Crippen LogP) is 3.24. The van der Waals surface area contributed by atoms with Crippen molar-refractivity contribution in [3.05, 3.63) is 35.4 Å². The number of carbonyl (C=O) groups is 1. The Hall–Kier alpha value is -1.35. The van der Waals surface area contributed by atoms with Gasteiger partial charge in [0, 0.05) is 18.7 Å². The van der Waals surface area contributed by atoms with Gasteiger partial charge in [0.05, 0.1) is 0 Å². The van der Waals surface area contributed by atoms with Crippen LogP contribution in [0, 0.1) is 0 Å². The number of hydrogen-bond acceptors (Lipinski definition) is 2. The average molecular weight is 288 g/mol. The van der Waals surface area contributed by atoms with Crippen molar-refractivity contribution in [2.75, 3.05) is 20.6 Å². The summed E-state index contributed by atoms with van der Waals surface area (Å²) in [6.45, 7) is 0.900. The fourth-order valence-electron chi connectivity index (χ4n) is 3.21. The van der Waals surface area contributed by atoms with Crippen LogP contribution in [0.5, 0.6) is 0 Å². The first-order valence-corrected chi connectivity index (χ1v) is 8.23. The van der Waals surface area contributed by atoms with Crippen LogP contribution in [0.2, 0.25) is 0 Å². The van der Waals surface area contributed by atoms with Gasteiger partial charge in [-0.2, -0.15) is 0 Å². The van der Waals surface area contributed by atoms with Crippen LogP contribution < -0.4 is 5.32 Å². The highest BCUT2D eigenvalue weighted by molar-refractivity contribution is 5.95. The Morgan fingerprint density at radius 1 is 1.19 bits per heavy atom. The zero-order valence-corrected chi connectivity index (χ0v) is 13.4. The first-order valence-electron chi connectivity index (χ1n) is 8.23. The third kappa shape index (κ3) is 4.31. The predicted molar refractivity (Wildman–Crippen MR) is 87.7 cm³/mol. The fraction of sp³-hybridized carbons (Fsp3) is 0.611. The quantitative estimate of drug-likeness (QED) is 0.844. The lowest BCUT2D eigenvalue weighted by molar-refractivity contribution is 0.0716. The molecule has 2 rings (SSSR count). The number of amides is 1. The standard InChI is InChI=1S/C18H28N2O/c1-19-14-13-15-9-7-8-12-17(15)18(21)20(2)16-10-5-3-4-6-11-16/h7-9,12,16,19H,3-6,10-11,13-14H2,1-2H3. The lowest BCUT2D eigenvalue weighted by atomic mass is 10.0. The molecule has 0 atom stereocenters. The van der Waals surface area contributed by atoms with E-state index in [9.17, 15) is 4.79 Å². The van der Waals surface area contributed by atoms with Crippen molar-refractivity contribution >= 4 is 5.91 Å². The van der Waals surface area contributed by atoms with Crippen LogP contribution in [0.3, 0.4) is 0 Å². The number of nitrogens with one attached hydrogen (secondary N) is 1. The second kappa shape index (κ2) is 8.18. The van der Waals surface area contributed by atoms with Crippen LogP contribution in [0.1, 0.15) is 54.4 Å². The molecule has 1 aliphatic rings. The number of hydrogen-bond donors (Lipinski definition) is 1. The van der Waals surface area contributed by atoms with Crippen LogP contribution in [-0.4, -0.2) is 37.5 Å². The third-order valence-corrected chi connectivity index (χ3v) is 4.58. The summed E-state index contributed by atoms with van der Waals surface area (Å²) in [5, 5.41) is 3.16. The first-order chi connectivity index (χ1) is 10.2.